The average molecular weight is 463 g/mol. The number of carbonyl (C=O) groups is 2. The van der Waals surface area contributed by atoms with Crippen LogP contribution in [0, 0.1) is 0 Å². The number of pyridine rings is 2. The van der Waals surface area contributed by atoms with Gasteiger partial charge in [-0.25, -0.2) is 4.98 Å². The van der Waals surface area contributed by atoms with E-state index in [0.717, 1.165) is 11.3 Å². The summed E-state index contributed by atoms with van der Waals surface area (Å²) in [7, 11) is 0. The monoisotopic (exact) mass is 462 g/mol. The minimum atomic E-state index is -0.431. The second-order valence-electron chi connectivity index (χ2n) is 6.87. The zero-order valence-corrected chi connectivity index (χ0v) is 18.5. The molecule has 0 saturated heterocycles. The standard InChI is InChI=1S/C24H19ClN4O2S/c25-20-10-3-1-9-18(20)22-13-19(17-8-2-4-11-21(17)27-22)24(31)29-28-23(30)15-32-14-16-7-5-6-12-26-16/h1-13H,14-15H2,(H,28,30)(H,29,31). The normalized spacial score (nSPS) is 10.7. The number of halogens is 1. The molecular weight excluding hydrogens is 444 g/mol. The molecule has 160 valence electrons. The Morgan fingerprint density at radius 3 is 2.53 bits per heavy atom. The summed E-state index contributed by atoms with van der Waals surface area (Å²) in [5, 5.41) is 1.22. The number of carbonyl (C=O) groups excluding carboxylic acids is 2. The van der Waals surface area contributed by atoms with Gasteiger partial charge in [-0.2, -0.15) is 0 Å². The summed E-state index contributed by atoms with van der Waals surface area (Å²) in [6, 6.07) is 22.0. The summed E-state index contributed by atoms with van der Waals surface area (Å²) in [6.45, 7) is 0. The molecule has 2 aromatic carbocycles. The largest absolute Gasteiger partial charge is 0.272 e. The third-order valence-corrected chi connectivity index (χ3v) is 5.93. The van der Waals surface area contributed by atoms with Crippen molar-refractivity contribution in [3.8, 4) is 11.3 Å². The molecule has 6 nitrogen and oxygen atoms in total. The van der Waals surface area contributed by atoms with Gasteiger partial charge in [-0.1, -0.05) is 54.1 Å². The molecule has 0 bridgehead atoms. The number of hydrazine groups is 1. The van der Waals surface area contributed by atoms with E-state index in [1.807, 2.05) is 60.7 Å². The number of benzene rings is 2. The molecule has 2 N–H and O–H groups in total. The summed E-state index contributed by atoms with van der Waals surface area (Å²) in [6.07, 6.45) is 1.71. The van der Waals surface area contributed by atoms with Crippen molar-refractivity contribution in [3.63, 3.8) is 0 Å². The lowest BCUT2D eigenvalue weighted by molar-refractivity contribution is -0.119. The topological polar surface area (TPSA) is 84.0 Å². The summed E-state index contributed by atoms with van der Waals surface area (Å²) >= 11 is 7.75. The van der Waals surface area contributed by atoms with Gasteiger partial charge in [0.2, 0.25) is 5.91 Å². The van der Waals surface area contributed by atoms with Crippen molar-refractivity contribution in [3.05, 3.63) is 95.3 Å². The van der Waals surface area contributed by atoms with Crippen LogP contribution in [0.2, 0.25) is 5.02 Å². The summed E-state index contributed by atoms with van der Waals surface area (Å²) in [5.41, 5.74) is 8.24. The number of thioether (sulfide) groups is 1. The SMILES string of the molecule is O=C(CSCc1ccccn1)NNC(=O)c1cc(-c2ccccc2Cl)nc2ccccc12. The number of aromatic nitrogens is 2. The highest BCUT2D eigenvalue weighted by Crippen LogP contribution is 2.29. The lowest BCUT2D eigenvalue weighted by Crippen LogP contribution is -2.42. The van der Waals surface area contributed by atoms with Gasteiger partial charge in [-0.3, -0.25) is 25.4 Å². The van der Waals surface area contributed by atoms with E-state index < -0.39 is 5.91 Å². The molecule has 0 spiro atoms. The van der Waals surface area contributed by atoms with E-state index >= 15 is 0 Å². The Hall–Kier alpha value is -3.42. The number of hydrogen-bond acceptors (Lipinski definition) is 5. The Labute approximate surface area is 194 Å². The third kappa shape index (κ3) is 5.25. The molecule has 0 fully saturated rings. The summed E-state index contributed by atoms with van der Waals surface area (Å²) < 4.78 is 0. The molecule has 32 heavy (non-hydrogen) atoms. The first-order valence-corrected chi connectivity index (χ1v) is 11.4. The van der Waals surface area contributed by atoms with Crippen LogP contribution in [0.5, 0.6) is 0 Å². The molecule has 4 rings (SSSR count). The molecule has 0 aliphatic carbocycles. The maximum atomic E-state index is 12.9. The van der Waals surface area contributed by atoms with Crippen LogP contribution in [-0.4, -0.2) is 27.5 Å². The van der Waals surface area contributed by atoms with Crippen molar-refractivity contribution < 1.29 is 9.59 Å². The number of nitrogens with one attached hydrogen (secondary N) is 2. The van der Waals surface area contributed by atoms with Gasteiger partial charge < -0.3 is 0 Å². The van der Waals surface area contributed by atoms with E-state index in [-0.39, 0.29) is 11.7 Å². The Balaban J connectivity index is 1.47. The van der Waals surface area contributed by atoms with Crippen LogP contribution < -0.4 is 10.9 Å². The van der Waals surface area contributed by atoms with Crippen molar-refractivity contribution in [1.82, 2.24) is 20.8 Å². The molecule has 0 unspecified atom stereocenters. The Morgan fingerprint density at radius 1 is 0.938 bits per heavy atom. The highest BCUT2D eigenvalue weighted by Gasteiger charge is 2.15. The van der Waals surface area contributed by atoms with Gasteiger partial charge >= 0.3 is 0 Å². The minimum absolute atomic E-state index is 0.193. The fourth-order valence-electron chi connectivity index (χ4n) is 3.13. The Morgan fingerprint density at radius 2 is 1.72 bits per heavy atom. The molecule has 0 aliphatic heterocycles. The van der Waals surface area contributed by atoms with Gasteiger partial charge in [-0.15, -0.1) is 11.8 Å². The molecule has 0 aliphatic rings. The first kappa shape index (κ1) is 21.8. The number of hydrogen-bond donors (Lipinski definition) is 2. The molecule has 0 saturated carbocycles. The van der Waals surface area contributed by atoms with Crippen LogP contribution in [0.25, 0.3) is 22.2 Å². The van der Waals surface area contributed by atoms with Gasteiger partial charge in [0.25, 0.3) is 5.91 Å². The predicted octanol–water partition coefficient (Wildman–Crippen LogP) is 4.64. The van der Waals surface area contributed by atoms with Gasteiger partial charge in [-0.05, 0) is 30.3 Å². The fraction of sp³-hybridized carbons (Fsp3) is 0.0833. The minimum Gasteiger partial charge on any atom is -0.272 e. The average Bonchev–Trinajstić information content (AvgIpc) is 2.83. The van der Waals surface area contributed by atoms with Gasteiger partial charge in [0.1, 0.15) is 0 Å². The highest BCUT2D eigenvalue weighted by atomic mass is 35.5. The van der Waals surface area contributed by atoms with E-state index in [9.17, 15) is 9.59 Å². The fourth-order valence-corrected chi connectivity index (χ4v) is 4.10. The van der Waals surface area contributed by atoms with Crippen LogP contribution in [0.3, 0.4) is 0 Å². The highest BCUT2D eigenvalue weighted by molar-refractivity contribution is 7.99. The molecule has 0 radical (unpaired) electrons. The number of nitrogens with zero attached hydrogens (tertiary/aromatic N) is 2. The zero-order chi connectivity index (χ0) is 22.3. The predicted molar refractivity (Wildman–Crippen MR) is 128 cm³/mol. The first-order chi connectivity index (χ1) is 15.6. The second-order valence-corrected chi connectivity index (χ2v) is 8.26. The molecule has 2 aromatic heterocycles. The molecule has 2 heterocycles. The summed E-state index contributed by atoms with van der Waals surface area (Å²) in [4.78, 5) is 34.0. The Bertz CT molecular complexity index is 1270. The van der Waals surface area contributed by atoms with Crippen molar-refractivity contribution in [2.24, 2.45) is 0 Å². The van der Waals surface area contributed by atoms with Crippen molar-refractivity contribution in [1.29, 1.82) is 0 Å². The van der Waals surface area contributed by atoms with Gasteiger partial charge in [0, 0.05) is 27.9 Å². The van der Waals surface area contributed by atoms with Crippen molar-refractivity contribution in [2.75, 3.05) is 5.75 Å². The van der Waals surface area contributed by atoms with Crippen LogP contribution in [0.15, 0.2) is 79.0 Å². The number of amides is 2. The molecular formula is C24H19ClN4O2S. The maximum Gasteiger partial charge on any atom is 0.270 e. The number of fused-ring (bicyclic) bond motifs is 1. The van der Waals surface area contributed by atoms with Gasteiger partial charge in [0.05, 0.1) is 28.2 Å². The van der Waals surface area contributed by atoms with Crippen LogP contribution in [0.1, 0.15) is 16.1 Å². The van der Waals surface area contributed by atoms with E-state index in [1.165, 1.54) is 11.8 Å². The Kier molecular flexibility index (Phi) is 6.99. The lowest BCUT2D eigenvalue weighted by atomic mass is 10.0. The first-order valence-electron chi connectivity index (χ1n) is 9.83. The molecule has 0 atom stereocenters. The smallest absolute Gasteiger partial charge is 0.270 e. The van der Waals surface area contributed by atoms with Crippen LogP contribution >= 0.6 is 23.4 Å². The number of para-hydroxylation sites is 1. The zero-order valence-electron chi connectivity index (χ0n) is 16.9. The van der Waals surface area contributed by atoms with Crippen molar-refractivity contribution >= 4 is 46.1 Å². The quantitative estimate of drug-likeness (QED) is 0.408. The van der Waals surface area contributed by atoms with Crippen molar-refractivity contribution in [2.45, 2.75) is 5.75 Å². The lowest BCUT2D eigenvalue weighted by Gasteiger charge is -2.12. The molecule has 8 heteroatoms. The van der Waals surface area contributed by atoms with E-state index in [4.69, 9.17) is 11.6 Å². The maximum absolute atomic E-state index is 12.9. The number of rotatable bonds is 6. The molecule has 2 amide bonds. The van der Waals surface area contributed by atoms with E-state index in [1.54, 1.807) is 18.3 Å². The van der Waals surface area contributed by atoms with Gasteiger partial charge in [0.15, 0.2) is 0 Å². The second kappa shape index (κ2) is 10.3. The third-order valence-electron chi connectivity index (χ3n) is 4.64. The molecule has 4 aromatic rings. The summed E-state index contributed by atoms with van der Waals surface area (Å²) in [5.74, 6) is 0.0703. The van der Waals surface area contributed by atoms with E-state index in [0.29, 0.717) is 32.9 Å². The van der Waals surface area contributed by atoms with E-state index in [2.05, 4.69) is 20.8 Å². The van der Waals surface area contributed by atoms with Crippen LogP contribution in [-0.2, 0) is 10.5 Å². The van der Waals surface area contributed by atoms with Crippen LogP contribution in [0.4, 0.5) is 0 Å².